The van der Waals surface area contributed by atoms with E-state index in [1.54, 1.807) is 19.3 Å². The van der Waals surface area contributed by atoms with Crippen molar-refractivity contribution in [3.63, 3.8) is 0 Å². The Morgan fingerprint density at radius 2 is 1.53 bits per heavy atom. The molecule has 0 heterocycles. The molecule has 2 heteroatoms. The molecule has 4 aliphatic carbocycles. The van der Waals surface area contributed by atoms with Crippen molar-refractivity contribution >= 4 is 11.8 Å². The van der Waals surface area contributed by atoms with Crippen LogP contribution in [0, 0.1) is 23.2 Å². The third kappa shape index (κ3) is 2.68. The topological polar surface area (TPSA) is 26.0 Å². The maximum atomic E-state index is 6.09. The minimum Gasteiger partial charge on any atom is -0.325 e. The van der Waals surface area contributed by atoms with Crippen LogP contribution in [0.2, 0.25) is 0 Å². The van der Waals surface area contributed by atoms with Crippen LogP contribution in [-0.4, -0.2) is 17.0 Å². The Balaban J connectivity index is 1.59. The van der Waals surface area contributed by atoms with Gasteiger partial charge in [0.15, 0.2) is 0 Å². The first-order valence-corrected chi connectivity index (χ1v) is 8.46. The van der Waals surface area contributed by atoms with E-state index in [-0.39, 0.29) is 5.54 Å². The lowest BCUT2D eigenvalue weighted by molar-refractivity contribution is -0.0381. The van der Waals surface area contributed by atoms with Crippen molar-refractivity contribution in [2.45, 2.75) is 57.9 Å². The highest BCUT2D eigenvalue weighted by Gasteiger charge is 2.50. The molecule has 0 unspecified atom stereocenters. The zero-order chi connectivity index (χ0) is 12.1. The van der Waals surface area contributed by atoms with Gasteiger partial charge in [0, 0.05) is 11.3 Å². The Morgan fingerprint density at radius 1 is 1.06 bits per heavy atom. The summed E-state index contributed by atoms with van der Waals surface area (Å²) in [5.74, 6) is 5.78. The molecule has 0 aromatic carbocycles. The van der Waals surface area contributed by atoms with Crippen LogP contribution in [0.1, 0.15) is 52.4 Å². The van der Waals surface area contributed by atoms with Gasteiger partial charge in [-0.3, -0.25) is 0 Å². The van der Waals surface area contributed by atoms with Gasteiger partial charge in [-0.05, 0) is 81.3 Å². The number of rotatable bonds is 4. The predicted molar refractivity (Wildman–Crippen MR) is 76.2 cm³/mol. The van der Waals surface area contributed by atoms with E-state index < -0.39 is 0 Å². The van der Waals surface area contributed by atoms with Crippen LogP contribution in [0.3, 0.4) is 0 Å². The molecule has 4 rings (SSSR count). The lowest BCUT2D eigenvalue weighted by Gasteiger charge is -2.57. The van der Waals surface area contributed by atoms with Crippen molar-refractivity contribution in [3.8, 4) is 0 Å². The fourth-order valence-electron chi connectivity index (χ4n) is 5.00. The summed E-state index contributed by atoms with van der Waals surface area (Å²) in [7, 11) is 0. The maximum absolute atomic E-state index is 6.09. The third-order valence-electron chi connectivity index (χ3n) is 5.05. The lowest BCUT2D eigenvalue weighted by Crippen LogP contribution is -2.47. The van der Waals surface area contributed by atoms with Crippen LogP contribution in [0.4, 0.5) is 0 Å². The van der Waals surface area contributed by atoms with Gasteiger partial charge < -0.3 is 5.73 Å². The third-order valence-corrected chi connectivity index (χ3v) is 6.81. The summed E-state index contributed by atoms with van der Waals surface area (Å²) < 4.78 is 0. The molecule has 0 amide bonds. The van der Waals surface area contributed by atoms with Crippen LogP contribution in [0.15, 0.2) is 0 Å². The average molecular weight is 253 g/mol. The predicted octanol–water partition coefficient (Wildman–Crippen LogP) is 3.67. The van der Waals surface area contributed by atoms with Crippen molar-refractivity contribution in [3.05, 3.63) is 0 Å². The maximum Gasteiger partial charge on any atom is 0.0188 e. The summed E-state index contributed by atoms with van der Waals surface area (Å²) in [4.78, 5) is 0. The van der Waals surface area contributed by atoms with Gasteiger partial charge in [-0.1, -0.05) is 0 Å². The Bertz CT molecular complexity index is 257. The Hall–Kier alpha value is 0.310. The van der Waals surface area contributed by atoms with Crippen LogP contribution < -0.4 is 5.73 Å². The molecule has 17 heavy (non-hydrogen) atoms. The molecule has 0 aromatic rings. The number of nitrogens with two attached hydrogens (primary N) is 1. The Labute approximate surface area is 110 Å². The van der Waals surface area contributed by atoms with Gasteiger partial charge in [-0.15, -0.1) is 0 Å². The van der Waals surface area contributed by atoms with Crippen molar-refractivity contribution in [2.75, 3.05) is 11.5 Å². The molecule has 0 radical (unpaired) electrons. The standard InChI is InChI=1S/C15H27NS/c1-14(2,16)9-17-10-15-6-11-3-12(7-15)5-13(4-11)8-15/h11-13H,3-10,16H2,1-2H3. The van der Waals surface area contributed by atoms with Crippen molar-refractivity contribution < 1.29 is 0 Å². The summed E-state index contributed by atoms with van der Waals surface area (Å²) in [6, 6.07) is 0. The van der Waals surface area contributed by atoms with E-state index in [0.29, 0.717) is 0 Å². The molecule has 4 fully saturated rings. The SMILES string of the molecule is CC(C)(N)CSCC12CC3CC(CC(C3)C1)C2. The highest BCUT2D eigenvalue weighted by Crippen LogP contribution is 2.60. The zero-order valence-corrected chi connectivity index (χ0v) is 12.2. The van der Waals surface area contributed by atoms with Crippen LogP contribution in [-0.2, 0) is 0 Å². The Kier molecular flexibility index (Phi) is 3.02. The molecule has 1 nitrogen and oxygen atoms in total. The van der Waals surface area contributed by atoms with Gasteiger partial charge in [0.25, 0.3) is 0 Å². The number of hydrogen-bond acceptors (Lipinski definition) is 2. The van der Waals surface area contributed by atoms with E-state index >= 15 is 0 Å². The first-order valence-electron chi connectivity index (χ1n) is 7.31. The molecule has 0 spiro atoms. The second kappa shape index (κ2) is 4.16. The van der Waals surface area contributed by atoms with Crippen molar-refractivity contribution in [2.24, 2.45) is 28.9 Å². The van der Waals surface area contributed by atoms with E-state index in [9.17, 15) is 0 Å². The highest BCUT2D eigenvalue weighted by atomic mass is 32.2. The summed E-state index contributed by atoms with van der Waals surface area (Å²) in [5.41, 5.74) is 6.83. The van der Waals surface area contributed by atoms with Gasteiger partial charge in [0.1, 0.15) is 0 Å². The zero-order valence-electron chi connectivity index (χ0n) is 11.4. The first-order chi connectivity index (χ1) is 7.94. The molecule has 0 saturated heterocycles. The number of thioether (sulfide) groups is 1. The normalized spacial score (nSPS) is 44.3. The van der Waals surface area contributed by atoms with E-state index in [0.717, 1.165) is 28.9 Å². The van der Waals surface area contributed by atoms with Crippen LogP contribution >= 0.6 is 11.8 Å². The molecule has 4 bridgehead atoms. The van der Waals surface area contributed by atoms with Gasteiger partial charge in [0.2, 0.25) is 0 Å². The van der Waals surface area contributed by atoms with Crippen LogP contribution in [0.5, 0.6) is 0 Å². The van der Waals surface area contributed by atoms with E-state index in [2.05, 4.69) is 25.6 Å². The molecule has 0 aliphatic heterocycles. The molecule has 4 saturated carbocycles. The highest BCUT2D eigenvalue weighted by molar-refractivity contribution is 7.99. The summed E-state index contributed by atoms with van der Waals surface area (Å²) in [5, 5.41) is 0. The fourth-order valence-corrected chi connectivity index (χ4v) is 6.41. The molecule has 98 valence electrons. The minimum atomic E-state index is 0.00691. The molecule has 0 aromatic heterocycles. The van der Waals surface area contributed by atoms with Crippen molar-refractivity contribution in [1.82, 2.24) is 0 Å². The summed E-state index contributed by atoms with van der Waals surface area (Å²) in [6.45, 7) is 4.30. The van der Waals surface area contributed by atoms with Gasteiger partial charge in [0.05, 0.1) is 0 Å². The summed E-state index contributed by atoms with van der Waals surface area (Å²) >= 11 is 2.12. The van der Waals surface area contributed by atoms with Gasteiger partial charge in [-0.2, -0.15) is 11.8 Å². The quantitative estimate of drug-likeness (QED) is 0.827. The second-order valence-electron chi connectivity index (χ2n) is 7.90. The minimum absolute atomic E-state index is 0.00691. The molecule has 4 aliphatic rings. The average Bonchev–Trinajstić information content (AvgIpc) is 2.11. The summed E-state index contributed by atoms with van der Waals surface area (Å²) in [6.07, 6.45) is 9.30. The number of hydrogen-bond donors (Lipinski definition) is 1. The lowest BCUT2D eigenvalue weighted by atomic mass is 9.50. The van der Waals surface area contributed by atoms with Crippen molar-refractivity contribution in [1.29, 1.82) is 0 Å². The monoisotopic (exact) mass is 253 g/mol. The van der Waals surface area contributed by atoms with Gasteiger partial charge >= 0.3 is 0 Å². The molecule has 0 atom stereocenters. The Morgan fingerprint density at radius 3 is 1.94 bits per heavy atom. The smallest absolute Gasteiger partial charge is 0.0188 e. The van der Waals surface area contributed by atoms with E-state index in [4.69, 9.17) is 5.73 Å². The first kappa shape index (κ1) is 12.3. The largest absolute Gasteiger partial charge is 0.325 e. The fraction of sp³-hybridized carbons (Fsp3) is 1.00. The molecule has 2 N–H and O–H groups in total. The molecular formula is C15H27NS. The van der Waals surface area contributed by atoms with Crippen LogP contribution in [0.25, 0.3) is 0 Å². The van der Waals surface area contributed by atoms with Gasteiger partial charge in [-0.25, -0.2) is 0 Å². The second-order valence-corrected chi connectivity index (χ2v) is 8.88. The van der Waals surface area contributed by atoms with E-state index in [1.165, 1.54) is 25.0 Å². The van der Waals surface area contributed by atoms with E-state index in [1.807, 2.05) is 0 Å². The molecular weight excluding hydrogens is 226 g/mol.